The Kier molecular flexibility index (Phi) is 4.39. The third-order valence-electron chi connectivity index (χ3n) is 2.65. The number of ether oxygens (including phenoxy) is 1. The Morgan fingerprint density at radius 2 is 2.05 bits per heavy atom. The number of aromatic carboxylic acids is 1. The van der Waals surface area contributed by atoms with Crippen LogP contribution in [-0.4, -0.2) is 29.1 Å². The molecule has 2 N–H and O–H groups in total. The number of methoxy groups -OCH3 is 1. The first-order valence-electron chi connectivity index (χ1n) is 5.85. The summed E-state index contributed by atoms with van der Waals surface area (Å²) >= 11 is 5.88. The molecule has 1 amide bonds. The molecule has 0 spiro atoms. The third kappa shape index (κ3) is 3.49. The Hall–Kier alpha value is -2.60. The minimum atomic E-state index is -1.20. The van der Waals surface area contributed by atoms with E-state index in [0.29, 0.717) is 16.5 Å². The summed E-state index contributed by atoms with van der Waals surface area (Å²) in [5.41, 5.74) is 0.355. The Bertz CT molecular complexity index is 703. The number of benzene rings is 1. The smallest absolute Gasteiger partial charge is 0.354 e. The van der Waals surface area contributed by atoms with Crippen LogP contribution in [0.25, 0.3) is 0 Å². The van der Waals surface area contributed by atoms with Gasteiger partial charge in [-0.15, -0.1) is 0 Å². The Morgan fingerprint density at radius 3 is 2.71 bits per heavy atom. The number of pyridine rings is 1. The van der Waals surface area contributed by atoms with Crippen LogP contribution in [0.5, 0.6) is 5.75 Å². The first kappa shape index (κ1) is 14.8. The summed E-state index contributed by atoms with van der Waals surface area (Å²) in [6.45, 7) is 0. The molecule has 0 bridgehead atoms. The summed E-state index contributed by atoms with van der Waals surface area (Å²) in [5.74, 6) is -1.24. The zero-order valence-corrected chi connectivity index (χ0v) is 11.7. The quantitative estimate of drug-likeness (QED) is 0.906. The molecule has 7 heteroatoms. The van der Waals surface area contributed by atoms with Crippen molar-refractivity contribution in [2.24, 2.45) is 0 Å². The van der Waals surface area contributed by atoms with Gasteiger partial charge in [-0.3, -0.25) is 4.79 Å². The molecular formula is C14H11ClN2O4. The number of amides is 1. The highest BCUT2D eigenvalue weighted by Gasteiger charge is 2.13. The Labute approximate surface area is 125 Å². The number of carbonyl (C=O) groups excluding carboxylic acids is 1. The van der Waals surface area contributed by atoms with Gasteiger partial charge in [-0.1, -0.05) is 11.6 Å². The highest BCUT2D eigenvalue weighted by Crippen LogP contribution is 2.28. The summed E-state index contributed by atoms with van der Waals surface area (Å²) in [6.07, 6.45) is 1.26. The summed E-state index contributed by atoms with van der Waals surface area (Å²) in [7, 11) is 1.47. The number of carboxylic acid groups (broad SMARTS) is 1. The van der Waals surface area contributed by atoms with E-state index in [1.165, 1.54) is 31.5 Å². The van der Waals surface area contributed by atoms with Crippen molar-refractivity contribution in [3.8, 4) is 5.75 Å². The lowest BCUT2D eigenvalue weighted by atomic mass is 10.2. The van der Waals surface area contributed by atoms with E-state index < -0.39 is 11.9 Å². The lowest BCUT2D eigenvalue weighted by molar-refractivity contribution is 0.0690. The van der Waals surface area contributed by atoms with Gasteiger partial charge in [0.1, 0.15) is 11.4 Å². The second kappa shape index (κ2) is 6.23. The zero-order valence-electron chi connectivity index (χ0n) is 11.0. The van der Waals surface area contributed by atoms with E-state index in [9.17, 15) is 9.59 Å². The number of rotatable bonds is 4. The van der Waals surface area contributed by atoms with Gasteiger partial charge < -0.3 is 15.2 Å². The molecule has 0 saturated carbocycles. The molecule has 0 unspecified atom stereocenters. The molecule has 0 saturated heterocycles. The Balaban J connectivity index is 2.28. The lowest BCUT2D eigenvalue weighted by Gasteiger charge is -2.10. The fourth-order valence-electron chi connectivity index (χ4n) is 1.66. The zero-order chi connectivity index (χ0) is 15.4. The molecule has 1 aromatic heterocycles. The number of nitrogens with one attached hydrogen (secondary N) is 1. The predicted molar refractivity (Wildman–Crippen MR) is 77.2 cm³/mol. The van der Waals surface area contributed by atoms with E-state index >= 15 is 0 Å². The predicted octanol–water partition coefficient (Wildman–Crippen LogP) is 2.69. The van der Waals surface area contributed by atoms with Crippen LogP contribution in [0.1, 0.15) is 20.8 Å². The monoisotopic (exact) mass is 306 g/mol. The van der Waals surface area contributed by atoms with Crippen molar-refractivity contribution < 1.29 is 19.4 Å². The van der Waals surface area contributed by atoms with Crippen LogP contribution in [0.4, 0.5) is 5.69 Å². The van der Waals surface area contributed by atoms with E-state index in [1.54, 1.807) is 12.1 Å². The van der Waals surface area contributed by atoms with Crippen LogP contribution < -0.4 is 10.1 Å². The molecule has 21 heavy (non-hydrogen) atoms. The maximum atomic E-state index is 12.1. The maximum Gasteiger partial charge on any atom is 0.354 e. The largest absolute Gasteiger partial charge is 0.495 e. The highest BCUT2D eigenvalue weighted by molar-refractivity contribution is 6.31. The molecule has 0 aliphatic heterocycles. The van der Waals surface area contributed by atoms with Gasteiger partial charge in [-0.25, -0.2) is 9.78 Å². The van der Waals surface area contributed by atoms with Gasteiger partial charge in [0.2, 0.25) is 0 Å². The molecule has 0 aliphatic carbocycles. The molecule has 6 nitrogen and oxygen atoms in total. The summed E-state index contributed by atoms with van der Waals surface area (Å²) in [6, 6.07) is 7.39. The van der Waals surface area contributed by atoms with E-state index in [0.717, 1.165) is 0 Å². The van der Waals surface area contributed by atoms with Gasteiger partial charge >= 0.3 is 5.97 Å². The number of carbonyl (C=O) groups is 2. The van der Waals surface area contributed by atoms with Crippen LogP contribution in [-0.2, 0) is 0 Å². The fraction of sp³-hybridized carbons (Fsp3) is 0.0714. The second-order valence-electron chi connectivity index (χ2n) is 4.03. The van der Waals surface area contributed by atoms with Gasteiger partial charge in [0.05, 0.1) is 12.8 Å². The lowest BCUT2D eigenvalue weighted by Crippen LogP contribution is -2.14. The molecule has 0 radical (unpaired) electrons. The van der Waals surface area contributed by atoms with Crippen LogP contribution in [0.2, 0.25) is 5.02 Å². The molecular weight excluding hydrogens is 296 g/mol. The molecule has 2 rings (SSSR count). The van der Waals surface area contributed by atoms with Crippen LogP contribution in [0.3, 0.4) is 0 Å². The number of anilines is 1. The first-order valence-corrected chi connectivity index (χ1v) is 6.23. The fourth-order valence-corrected chi connectivity index (χ4v) is 1.83. The molecule has 2 aromatic rings. The van der Waals surface area contributed by atoms with Gasteiger partial charge in [0, 0.05) is 16.8 Å². The van der Waals surface area contributed by atoms with Crippen molar-refractivity contribution in [3.63, 3.8) is 0 Å². The highest BCUT2D eigenvalue weighted by atomic mass is 35.5. The van der Waals surface area contributed by atoms with Gasteiger partial charge in [-0.2, -0.15) is 0 Å². The number of aromatic nitrogens is 1. The first-order chi connectivity index (χ1) is 10.0. The van der Waals surface area contributed by atoms with Gasteiger partial charge in [0.25, 0.3) is 5.91 Å². The third-order valence-corrected chi connectivity index (χ3v) is 2.89. The SMILES string of the molecule is COc1ccc(Cl)cc1NC(=O)c1ccnc(C(=O)O)c1. The summed E-state index contributed by atoms with van der Waals surface area (Å²) in [4.78, 5) is 26.6. The average molecular weight is 307 g/mol. The number of nitrogens with zero attached hydrogens (tertiary/aromatic N) is 1. The molecule has 1 heterocycles. The number of hydrogen-bond acceptors (Lipinski definition) is 4. The van der Waals surface area contributed by atoms with Crippen molar-refractivity contribution in [1.82, 2.24) is 4.98 Å². The normalized spacial score (nSPS) is 10.0. The average Bonchev–Trinajstić information content (AvgIpc) is 2.47. The van der Waals surface area contributed by atoms with Crippen molar-refractivity contribution in [3.05, 3.63) is 52.8 Å². The number of halogens is 1. The molecule has 0 aliphatic rings. The van der Waals surface area contributed by atoms with E-state index in [1.807, 2.05) is 0 Å². The Morgan fingerprint density at radius 1 is 1.29 bits per heavy atom. The van der Waals surface area contributed by atoms with Crippen molar-refractivity contribution in [1.29, 1.82) is 0 Å². The molecule has 1 aromatic carbocycles. The van der Waals surface area contributed by atoms with Gasteiger partial charge in [0.15, 0.2) is 0 Å². The number of carboxylic acids is 1. The summed E-state index contributed by atoms with van der Waals surface area (Å²) < 4.78 is 5.12. The second-order valence-corrected chi connectivity index (χ2v) is 4.47. The minimum absolute atomic E-state index is 0.171. The molecule has 0 fully saturated rings. The minimum Gasteiger partial charge on any atom is -0.495 e. The molecule has 0 atom stereocenters. The van der Waals surface area contributed by atoms with Crippen LogP contribution >= 0.6 is 11.6 Å². The van der Waals surface area contributed by atoms with E-state index in [-0.39, 0.29) is 11.3 Å². The van der Waals surface area contributed by atoms with Crippen molar-refractivity contribution in [2.45, 2.75) is 0 Å². The summed E-state index contributed by atoms with van der Waals surface area (Å²) in [5, 5.41) is 11.9. The topological polar surface area (TPSA) is 88.5 Å². The maximum absolute atomic E-state index is 12.1. The van der Waals surface area contributed by atoms with Crippen LogP contribution in [0, 0.1) is 0 Å². The molecule has 108 valence electrons. The van der Waals surface area contributed by atoms with Gasteiger partial charge in [-0.05, 0) is 30.3 Å². The van der Waals surface area contributed by atoms with Crippen molar-refractivity contribution in [2.75, 3.05) is 12.4 Å². The van der Waals surface area contributed by atoms with Crippen molar-refractivity contribution >= 4 is 29.2 Å². The standard InChI is InChI=1S/C14H11ClN2O4/c1-21-12-3-2-9(15)7-10(12)17-13(18)8-4-5-16-11(6-8)14(19)20/h2-7H,1H3,(H,17,18)(H,19,20). The van der Waals surface area contributed by atoms with E-state index in [2.05, 4.69) is 10.3 Å². The van der Waals surface area contributed by atoms with Crippen LogP contribution in [0.15, 0.2) is 36.5 Å². The van der Waals surface area contributed by atoms with E-state index in [4.69, 9.17) is 21.4 Å². The number of hydrogen-bond donors (Lipinski definition) is 2.